The van der Waals surface area contributed by atoms with Gasteiger partial charge >= 0.3 is 5.97 Å². The van der Waals surface area contributed by atoms with Gasteiger partial charge in [-0.3, -0.25) is 4.79 Å². The van der Waals surface area contributed by atoms with Crippen molar-refractivity contribution >= 4 is 5.97 Å². The second kappa shape index (κ2) is 50.9. The Balaban J connectivity index is 1.72. The van der Waals surface area contributed by atoms with Crippen LogP contribution < -0.4 is 0 Å². The molecule has 0 bridgehead atoms. The smallest absolute Gasteiger partial charge is 0.306 e. The van der Waals surface area contributed by atoms with Crippen molar-refractivity contribution in [3.8, 4) is 0 Å². The summed E-state index contributed by atoms with van der Waals surface area (Å²) in [5.41, 5.74) is 0. The number of aliphatic hydroxyl groups is 7. The van der Waals surface area contributed by atoms with Crippen LogP contribution in [0.3, 0.4) is 0 Å². The van der Waals surface area contributed by atoms with Gasteiger partial charge < -0.3 is 64.2 Å². The van der Waals surface area contributed by atoms with Gasteiger partial charge in [0.1, 0.15) is 54.9 Å². The van der Waals surface area contributed by atoms with Crippen molar-refractivity contribution in [1.29, 1.82) is 0 Å². The van der Waals surface area contributed by atoms with Crippen LogP contribution in [0.15, 0.2) is 85.1 Å². The van der Waals surface area contributed by atoms with Crippen molar-refractivity contribution in [2.45, 2.75) is 287 Å². The Morgan fingerprint density at radius 1 is 0.430 bits per heavy atom. The standard InChI is InChI=1S/C65H112O14/c1-3-5-7-9-11-13-15-17-19-21-23-25-26-27-29-31-33-35-37-39-41-43-45-47-49-74-51-54(52-75-64-63(73)61(71)59(69)56(79-64)53-76-65-62(72)60(70)58(68)55(50-66)78-65)77-57(67)48-46-44-42-40-38-36-34-32-30-28-24-22-20-18-16-14-12-10-8-6-4-2/h5,7,11,13,17,19,23,25,27,29,33,35,39,41,54-56,58-66,68-73H,3-4,6,8-10,12,14-16,18,20-22,24,26,28,30-32,34,36-38,40,42-53H2,1-2H3/b7-5-,13-11-,19-17-,25-23-,29-27-,35-33-,41-39-. The normalized spacial score (nSPS) is 24.6. The Labute approximate surface area is 478 Å². The summed E-state index contributed by atoms with van der Waals surface area (Å²) < 4.78 is 34.4. The van der Waals surface area contributed by atoms with E-state index < -0.39 is 86.7 Å². The van der Waals surface area contributed by atoms with Gasteiger partial charge in [-0.15, -0.1) is 0 Å². The average Bonchev–Trinajstić information content (AvgIpc) is 3.46. The molecule has 456 valence electrons. The molecule has 14 nitrogen and oxygen atoms in total. The molecule has 0 aliphatic carbocycles. The van der Waals surface area contributed by atoms with E-state index in [0.29, 0.717) is 13.0 Å². The average molecular weight is 1120 g/mol. The number of unbranched alkanes of at least 4 members (excludes halogenated alkanes) is 22. The molecule has 2 aliphatic heterocycles. The predicted octanol–water partition coefficient (Wildman–Crippen LogP) is 12.0. The highest BCUT2D eigenvalue weighted by Gasteiger charge is 2.47. The van der Waals surface area contributed by atoms with Crippen LogP contribution in [-0.2, 0) is 33.2 Å². The van der Waals surface area contributed by atoms with Gasteiger partial charge in [0.15, 0.2) is 12.6 Å². The number of esters is 1. The molecule has 11 atom stereocenters. The number of hydrogen-bond acceptors (Lipinski definition) is 14. The van der Waals surface area contributed by atoms with Gasteiger partial charge in [-0.2, -0.15) is 0 Å². The van der Waals surface area contributed by atoms with Crippen LogP contribution in [0, 0.1) is 0 Å². The first kappa shape index (κ1) is 72.3. The van der Waals surface area contributed by atoms with E-state index in [0.717, 1.165) is 83.5 Å². The summed E-state index contributed by atoms with van der Waals surface area (Å²) in [5.74, 6) is -0.390. The molecule has 0 aromatic carbocycles. The molecule has 7 N–H and O–H groups in total. The van der Waals surface area contributed by atoms with E-state index in [4.69, 9.17) is 28.4 Å². The number of aliphatic hydroxyl groups excluding tert-OH is 7. The Morgan fingerprint density at radius 2 is 0.823 bits per heavy atom. The van der Waals surface area contributed by atoms with Gasteiger partial charge in [0.25, 0.3) is 0 Å². The summed E-state index contributed by atoms with van der Waals surface area (Å²) >= 11 is 0. The fourth-order valence-corrected chi connectivity index (χ4v) is 9.44. The molecule has 2 heterocycles. The van der Waals surface area contributed by atoms with Crippen LogP contribution in [0.4, 0.5) is 0 Å². The SMILES string of the molecule is CC/C=C\C/C=C\C/C=C\C/C=C\C/C=C\C/C=C\C/C=C\CCCCOCC(COC1OC(COC2OC(CO)C(O)C(O)C2O)C(O)C(O)C1O)OC(=O)CCCCCCCCCCCCCCCCCCCCCCC. The largest absolute Gasteiger partial charge is 0.457 e. The molecular weight excluding hydrogens is 1000 g/mol. The molecule has 0 saturated carbocycles. The Kier molecular flexibility index (Phi) is 46.5. The zero-order chi connectivity index (χ0) is 57.2. The lowest BCUT2D eigenvalue weighted by molar-refractivity contribution is -0.332. The third kappa shape index (κ3) is 37.1. The van der Waals surface area contributed by atoms with E-state index in [1.807, 2.05) is 0 Å². The van der Waals surface area contributed by atoms with Crippen LogP contribution in [0.1, 0.15) is 219 Å². The van der Waals surface area contributed by atoms with E-state index in [2.05, 4.69) is 98.9 Å². The molecule has 2 aliphatic rings. The number of carbonyl (C=O) groups is 1. The van der Waals surface area contributed by atoms with Crippen LogP contribution in [-0.4, -0.2) is 142 Å². The first-order chi connectivity index (χ1) is 38.6. The Morgan fingerprint density at radius 3 is 1.27 bits per heavy atom. The first-order valence-corrected chi connectivity index (χ1v) is 31.2. The number of allylic oxidation sites excluding steroid dienone is 14. The van der Waals surface area contributed by atoms with Crippen molar-refractivity contribution in [3.05, 3.63) is 85.1 Å². The molecule has 0 radical (unpaired) electrons. The molecule has 0 amide bonds. The molecule has 14 heteroatoms. The van der Waals surface area contributed by atoms with Gasteiger partial charge in [0.2, 0.25) is 0 Å². The van der Waals surface area contributed by atoms with Gasteiger partial charge in [0.05, 0.1) is 26.4 Å². The summed E-state index contributed by atoms with van der Waals surface area (Å²) in [5, 5.41) is 72.5. The summed E-state index contributed by atoms with van der Waals surface area (Å²) in [6, 6.07) is 0. The number of rotatable bonds is 50. The van der Waals surface area contributed by atoms with Crippen molar-refractivity contribution in [1.82, 2.24) is 0 Å². The summed E-state index contributed by atoms with van der Waals surface area (Å²) in [4.78, 5) is 13.1. The maximum absolute atomic E-state index is 13.1. The first-order valence-electron chi connectivity index (χ1n) is 31.2. The van der Waals surface area contributed by atoms with E-state index in [1.165, 1.54) is 109 Å². The molecule has 2 saturated heterocycles. The van der Waals surface area contributed by atoms with Crippen molar-refractivity contribution in [2.24, 2.45) is 0 Å². The van der Waals surface area contributed by atoms with Crippen LogP contribution in [0.5, 0.6) is 0 Å². The fourth-order valence-electron chi connectivity index (χ4n) is 9.44. The van der Waals surface area contributed by atoms with Gasteiger partial charge in [-0.05, 0) is 70.6 Å². The summed E-state index contributed by atoms with van der Waals surface area (Å²) in [6.45, 7) is 3.48. The van der Waals surface area contributed by atoms with E-state index in [1.54, 1.807) is 0 Å². The molecule has 0 spiro atoms. The lowest BCUT2D eigenvalue weighted by atomic mass is 9.98. The fraction of sp³-hybridized carbons (Fsp3) is 0.769. The zero-order valence-corrected chi connectivity index (χ0v) is 49.1. The van der Waals surface area contributed by atoms with Gasteiger partial charge in [-0.25, -0.2) is 0 Å². The van der Waals surface area contributed by atoms with E-state index >= 15 is 0 Å². The molecular formula is C65H112O14. The monoisotopic (exact) mass is 1120 g/mol. The van der Waals surface area contributed by atoms with Crippen LogP contribution in [0.2, 0.25) is 0 Å². The molecule has 2 fully saturated rings. The maximum atomic E-state index is 13.1. The van der Waals surface area contributed by atoms with Crippen molar-refractivity contribution in [2.75, 3.05) is 33.0 Å². The zero-order valence-electron chi connectivity index (χ0n) is 49.1. The summed E-state index contributed by atoms with van der Waals surface area (Å²) in [7, 11) is 0. The molecule has 11 unspecified atom stereocenters. The minimum atomic E-state index is -1.72. The van der Waals surface area contributed by atoms with E-state index in [-0.39, 0.29) is 19.6 Å². The Bertz CT molecular complexity index is 1630. The lowest BCUT2D eigenvalue weighted by Crippen LogP contribution is -2.61. The second-order valence-electron chi connectivity index (χ2n) is 21.5. The maximum Gasteiger partial charge on any atom is 0.306 e. The molecule has 2 rings (SSSR count). The quantitative estimate of drug-likeness (QED) is 0.0172. The minimum absolute atomic E-state index is 0.0290. The van der Waals surface area contributed by atoms with Gasteiger partial charge in [-0.1, -0.05) is 227 Å². The minimum Gasteiger partial charge on any atom is -0.457 e. The Hall–Kier alpha value is -2.83. The molecule has 0 aromatic heterocycles. The molecule has 79 heavy (non-hydrogen) atoms. The topological polar surface area (TPSA) is 214 Å². The van der Waals surface area contributed by atoms with Crippen LogP contribution in [0.25, 0.3) is 0 Å². The summed E-state index contributed by atoms with van der Waals surface area (Å²) in [6.07, 6.45) is 50.8. The van der Waals surface area contributed by atoms with Crippen molar-refractivity contribution < 1.29 is 69.0 Å². The van der Waals surface area contributed by atoms with E-state index in [9.17, 15) is 40.5 Å². The highest BCUT2D eigenvalue weighted by Crippen LogP contribution is 2.27. The lowest BCUT2D eigenvalue weighted by Gasteiger charge is -2.42. The van der Waals surface area contributed by atoms with Crippen LogP contribution >= 0.6 is 0 Å². The number of hydrogen-bond donors (Lipinski definition) is 7. The van der Waals surface area contributed by atoms with Gasteiger partial charge in [0, 0.05) is 13.0 Å². The number of carbonyl (C=O) groups excluding carboxylic acids is 1. The highest BCUT2D eigenvalue weighted by atomic mass is 16.7. The van der Waals surface area contributed by atoms with Crippen molar-refractivity contribution in [3.63, 3.8) is 0 Å². The number of ether oxygens (including phenoxy) is 6. The second-order valence-corrected chi connectivity index (χ2v) is 21.5. The third-order valence-corrected chi connectivity index (χ3v) is 14.4. The third-order valence-electron chi connectivity index (χ3n) is 14.4. The highest BCUT2D eigenvalue weighted by molar-refractivity contribution is 5.69. The predicted molar refractivity (Wildman–Crippen MR) is 316 cm³/mol. The molecule has 0 aromatic rings.